The summed E-state index contributed by atoms with van der Waals surface area (Å²) in [7, 11) is 0. The Morgan fingerprint density at radius 1 is 1.18 bits per heavy atom. The number of aromatic nitrogens is 1. The largest absolute Gasteiger partial charge is 0.737 e. The van der Waals surface area contributed by atoms with Crippen LogP contribution in [0.15, 0.2) is 48.5 Å². The second-order valence-corrected chi connectivity index (χ2v) is 6.02. The minimum Gasteiger partial charge on any atom is -0.396 e. The fourth-order valence-corrected chi connectivity index (χ4v) is 3.47. The van der Waals surface area contributed by atoms with Crippen molar-refractivity contribution >= 4 is 18.8 Å². The summed E-state index contributed by atoms with van der Waals surface area (Å²) >= 11 is 0. The van der Waals surface area contributed by atoms with E-state index in [0.29, 0.717) is 11.4 Å². The van der Waals surface area contributed by atoms with Crippen molar-refractivity contribution in [1.82, 2.24) is 9.38 Å². The number of rotatable bonds is 2. The van der Waals surface area contributed by atoms with Crippen LogP contribution in [-0.4, -0.2) is 40.1 Å². The molecule has 0 aromatic carbocycles. The van der Waals surface area contributed by atoms with Gasteiger partial charge in [0.15, 0.2) is 5.70 Å². The number of nitrogens with zero attached hydrogens (tertiary/aromatic N) is 3. The Kier molecular flexibility index (Phi) is 3.06. The average molecular weight is 301 g/mol. The highest BCUT2D eigenvalue weighted by atomic mass is 19.2. The minimum atomic E-state index is -3.78. The zero-order valence-electron chi connectivity index (χ0n) is 12.3. The highest BCUT2D eigenvalue weighted by Crippen LogP contribution is 2.35. The van der Waals surface area contributed by atoms with Gasteiger partial charge in [0.1, 0.15) is 6.21 Å². The molecule has 6 heteroatoms. The Hall–Kier alpha value is -2.11. The zero-order valence-corrected chi connectivity index (χ0v) is 12.3. The summed E-state index contributed by atoms with van der Waals surface area (Å²) in [6, 6.07) is 3.45. The van der Waals surface area contributed by atoms with Gasteiger partial charge in [-0.05, 0) is 49.9 Å². The Bertz CT molecular complexity index is 722. The molecule has 1 aromatic heterocycles. The Morgan fingerprint density at radius 3 is 2.82 bits per heavy atom. The van der Waals surface area contributed by atoms with Crippen LogP contribution in [0.5, 0.6) is 0 Å². The van der Waals surface area contributed by atoms with Gasteiger partial charge in [0.2, 0.25) is 0 Å². The van der Waals surface area contributed by atoms with Crippen LogP contribution in [0.25, 0.3) is 5.57 Å². The number of fused-ring (bicyclic) bond motifs is 2. The van der Waals surface area contributed by atoms with Gasteiger partial charge in [-0.1, -0.05) is 0 Å². The van der Waals surface area contributed by atoms with Crippen LogP contribution < -0.4 is 0 Å². The molecule has 0 N–H and O–H groups in total. The number of hydrogen-bond acceptors (Lipinski definition) is 1. The molecule has 0 saturated carbocycles. The average Bonchev–Trinajstić information content (AvgIpc) is 3.18. The molecule has 1 aromatic rings. The van der Waals surface area contributed by atoms with Crippen LogP contribution in [-0.2, 0) is 0 Å². The van der Waals surface area contributed by atoms with Gasteiger partial charge in [0, 0.05) is 30.9 Å². The van der Waals surface area contributed by atoms with Crippen molar-refractivity contribution < 1.29 is 13.1 Å². The first-order valence-electron chi connectivity index (χ1n) is 7.84. The van der Waals surface area contributed by atoms with Gasteiger partial charge in [0.25, 0.3) is 0 Å². The normalized spacial score (nSPS) is 23.0. The first kappa shape index (κ1) is 13.6. The van der Waals surface area contributed by atoms with Crippen LogP contribution in [0.3, 0.4) is 0 Å². The van der Waals surface area contributed by atoms with E-state index in [4.69, 9.17) is 0 Å². The molecule has 22 heavy (non-hydrogen) atoms. The van der Waals surface area contributed by atoms with Crippen molar-refractivity contribution in [2.45, 2.75) is 19.3 Å². The number of likely N-dealkylation sites (tertiary alicyclic amines) is 1. The third-order valence-corrected chi connectivity index (χ3v) is 4.62. The third kappa shape index (κ3) is 1.97. The number of halogens is 2. The summed E-state index contributed by atoms with van der Waals surface area (Å²) in [5.41, 5.74) is 2.03. The van der Waals surface area contributed by atoms with Crippen molar-refractivity contribution in [2.75, 3.05) is 13.1 Å². The first-order valence-corrected chi connectivity index (χ1v) is 7.84. The van der Waals surface area contributed by atoms with E-state index in [1.807, 2.05) is 6.08 Å². The smallest absolute Gasteiger partial charge is 0.396 e. The summed E-state index contributed by atoms with van der Waals surface area (Å²) in [5.74, 6) is 0. The molecule has 0 atom stereocenters. The number of hydrogen-bond donors (Lipinski definition) is 0. The minimum absolute atomic E-state index is 0.587. The maximum atomic E-state index is 14.6. The molecule has 1 saturated heterocycles. The van der Waals surface area contributed by atoms with Gasteiger partial charge in [-0.25, -0.2) is 0 Å². The Balaban J connectivity index is 1.76. The van der Waals surface area contributed by atoms with Crippen LogP contribution in [0, 0.1) is 0 Å². The van der Waals surface area contributed by atoms with Crippen molar-refractivity contribution in [3.8, 4) is 0 Å². The van der Waals surface area contributed by atoms with Crippen molar-refractivity contribution in [3.05, 3.63) is 54.1 Å². The van der Waals surface area contributed by atoms with Crippen molar-refractivity contribution in [3.63, 3.8) is 0 Å². The lowest BCUT2D eigenvalue weighted by Crippen LogP contribution is -2.48. The van der Waals surface area contributed by atoms with Gasteiger partial charge in [-0.2, -0.15) is 0 Å². The predicted octanol–water partition coefficient (Wildman–Crippen LogP) is 3.09. The van der Waals surface area contributed by atoms with Gasteiger partial charge >= 0.3 is 6.97 Å². The molecule has 0 bridgehead atoms. The molecule has 0 spiro atoms. The van der Waals surface area contributed by atoms with Crippen LogP contribution >= 0.6 is 0 Å². The lowest BCUT2D eigenvalue weighted by molar-refractivity contribution is -0.356. The van der Waals surface area contributed by atoms with Crippen molar-refractivity contribution in [1.29, 1.82) is 0 Å². The molecule has 0 radical (unpaired) electrons. The SMILES string of the molecule is F[B-]1(F)n2cccc2C(/C=C/N2CCCCC2)=C2C=CC=[N+]21. The summed E-state index contributed by atoms with van der Waals surface area (Å²) in [4.78, 5) is 2.27. The highest BCUT2D eigenvalue weighted by molar-refractivity contribution is 6.57. The molecule has 114 valence electrons. The number of allylic oxidation sites excluding steroid dienone is 4. The predicted molar refractivity (Wildman–Crippen MR) is 84.7 cm³/mol. The summed E-state index contributed by atoms with van der Waals surface area (Å²) in [6.07, 6.45) is 14.1. The van der Waals surface area contributed by atoms with E-state index in [1.54, 1.807) is 24.3 Å². The third-order valence-electron chi connectivity index (χ3n) is 4.62. The second kappa shape index (κ2) is 4.97. The molecular weight excluding hydrogens is 283 g/mol. The van der Waals surface area contributed by atoms with Gasteiger partial charge < -0.3 is 22.5 Å². The molecule has 4 heterocycles. The monoisotopic (exact) mass is 301 g/mol. The molecule has 0 aliphatic carbocycles. The van der Waals surface area contributed by atoms with Crippen LogP contribution in [0.2, 0.25) is 0 Å². The summed E-state index contributed by atoms with van der Waals surface area (Å²) in [6.45, 7) is -1.69. The molecule has 0 unspecified atom stereocenters. The molecule has 4 rings (SSSR count). The van der Waals surface area contributed by atoms with E-state index in [2.05, 4.69) is 11.1 Å². The topological polar surface area (TPSA) is 11.2 Å². The van der Waals surface area contributed by atoms with Gasteiger partial charge in [0.05, 0.1) is 5.57 Å². The van der Waals surface area contributed by atoms with Crippen LogP contribution in [0.1, 0.15) is 25.0 Å². The fourth-order valence-electron chi connectivity index (χ4n) is 3.47. The standard InChI is InChI=1S/C16H18BF2N3/c18-17(19)21-11-4-6-15(21)14(16-7-5-12-22(16)17)8-13-20-9-2-1-3-10-20/h4-8,11-13H,1-3,9-10H2/b13-8+. The lowest BCUT2D eigenvalue weighted by Gasteiger charge is -2.30. The van der Waals surface area contributed by atoms with Crippen LogP contribution in [0.4, 0.5) is 8.63 Å². The first-order chi connectivity index (χ1) is 10.7. The van der Waals surface area contributed by atoms with Gasteiger partial charge in [-0.3, -0.25) is 0 Å². The maximum Gasteiger partial charge on any atom is 0.737 e. The Labute approximate surface area is 128 Å². The number of piperidine rings is 1. The molecule has 3 aliphatic heterocycles. The molecule has 1 fully saturated rings. The zero-order chi connectivity index (χ0) is 15.2. The van der Waals surface area contributed by atoms with E-state index < -0.39 is 6.97 Å². The fraction of sp³-hybridized carbons (Fsp3) is 0.312. The highest BCUT2D eigenvalue weighted by Gasteiger charge is 2.50. The van der Waals surface area contributed by atoms with E-state index in [9.17, 15) is 8.63 Å². The summed E-state index contributed by atoms with van der Waals surface area (Å²) in [5, 5.41) is 0. The van der Waals surface area contributed by atoms with E-state index in [0.717, 1.165) is 27.6 Å². The second-order valence-electron chi connectivity index (χ2n) is 6.02. The maximum absolute atomic E-state index is 14.6. The van der Waals surface area contributed by atoms with E-state index in [-0.39, 0.29) is 0 Å². The van der Waals surface area contributed by atoms with E-state index >= 15 is 0 Å². The van der Waals surface area contributed by atoms with Gasteiger partial charge in [-0.15, -0.1) is 0 Å². The molecule has 3 aliphatic rings. The molecular formula is C16H18BF2N3. The van der Waals surface area contributed by atoms with E-state index in [1.165, 1.54) is 31.7 Å². The molecule has 3 nitrogen and oxygen atoms in total. The Morgan fingerprint density at radius 2 is 2.00 bits per heavy atom. The molecule has 0 amide bonds. The quantitative estimate of drug-likeness (QED) is 0.764. The lowest BCUT2D eigenvalue weighted by atomic mass is 9.89. The summed E-state index contributed by atoms with van der Waals surface area (Å²) < 4.78 is 31.3. The van der Waals surface area contributed by atoms with Crippen molar-refractivity contribution in [2.24, 2.45) is 0 Å².